The molecule has 1 heterocycles. The molecule has 28 heavy (non-hydrogen) atoms. The molecule has 0 fully saturated rings. The first-order valence-corrected chi connectivity index (χ1v) is 10.7. The quantitative estimate of drug-likeness (QED) is 0.339. The van der Waals surface area contributed by atoms with Crippen molar-refractivity contribution >= 4 is 28.8 Å². The molecule has 154 valence electrons. The lowest BCUT2D eigenvalue weighted by Crippen LogP contribution is -2.21. The van der Waals surface area contributed by atoms with Gasteiger partial charge < -0.3 is 14.1 Å². The summed E-state index contributed by atoms with van der Waals surface area (Å²) in [5.41, 5.74) is 1.49. The number of ether oxygens (including phenoxy) is 1. The average molecular weight is 424 g/mol. The maximum atomic E-state index is 6.24. The van der Waals surface area contributed by atoms with Gasteiger partial charge in [-0.2, -0.15) is 4.99 Å². The van der Waals surface area contributed by atoms with Crippen molar-refractivity contribution in [2.24, 2.45) is 10.1 Å². The molecule has 0 atom stereocenters. The van der Waals surface area contributed by atoms with Crippen LogP contribution in [0.25, 0.3) is 0 Å². The molecule has 0 amide bonds. The van der Waals surface area contributed by atoms with Gasteiger partial charge in [-0.1, -0.05) is 30.1 Å². The molecule has 0 aliphatic carbocycles. The summed E-state index contributed by atoms with van der Waals surface area (Å²) in [6.07, 6.45) is 2.21. The van der Waals surface area contributed by atoms with Crippen LogP contribution in [-0.4, -0.2) is 23.1 Å². The van der Waals surface area contributed by atoms with Crippen molar-refractivity contribution in [1.82, 2.24) is 4.57 Å². The number of rotatable bonds is 6. The van der Waals surface area contributed by atoms with Crippen LogP contribution in [0.1, 0.15) is 56.7 Å². The summed E-state index contributed by atoms with van der Waals surface area (Å²) in [6.45, 7) is 13.2. The van der Waals surface area contributed by atoms with E-state index in [1.54, 1.807) is 30.6 Å². The molecule has 1 aromatic heterocycles. The number of oxime groups is 1. The van der Waals surface area contributed by atoms with E-state index in [0.717, 1.165) is 24.2 Å². The summed E-state index contributed by atoms with van der Waals surface area (Å²) in [4.78, 5) is 12.7. The normalized spacial score (nSPS) is 13.1. The molecule has 7 heteroatoms. The minimum absolute atomic E-state index is 0.438. The van der Waals surface area contributed by atoms with Crippen LogP contribution in [0, 0.1) is 13.8 Å². The number of hydrogen-bond acceptors (Lipinski definition) is 4. The van der Waals surface area contributed by atoms with Gasteiger partial charge in [0.2, 0.25) is 5.84 Å². The third kappa shape index (κ3) is 5.85. The van der Waals surface area contributed by atoms with Gasteiger partial charge in [-0.25, -0.2) is 0 Å². The molecule has 2 rings (SSSR count). The molecule has 0 radical (unpaired) electrons. The highest BCUT2D eigenvalue weighted by atomic mass is 35.5. The number of methoxy groups -OCH3 is 1. The molecular formula is C21H30ClN3O2S. The molecule has 0 aliphatic rings. The maximum Gasteiger partial charge on any atom is 0.205 e. The fourth-order valence-corrected chi connectivity index (χ4v) is 3.69. The molecule has 0 aliphatic heterocycles. The van der Waals surface area contributed by atoms with Crippen molar-refractivity contribution in [3.05, 3.63) is 44.2 Å². The van der Waals surface area contributed by atoms with Crippen molar-refractivity contribution in [2.45, 2.75) is 66.5 Å². The molecule has 0 N–H and O–H groups in total. The Labute approximate surface area is 176 Å². The number of hydrogen-bond donors (Lipinski definition) is 0. The molecule has 0 spiro atoms. The van der Waals surface area contributed by atoms with Crippen LogP contribution >= 0.6 is 22.9 Å². The zero-order valence-corrected chi connectivity index (χ0v) is 19.4. The molecular weight excluding hydrogens is 394 g/mol. The molecule has 2 aromatic rings. The van der Waals surface area contributed by atoms with Crippen molar-refractivity contribution < 1.29 is 9.57 Å². The highest BCUT2D eigenvalue weighted by molar-refractivity contribution is 7.09. The average Bonchev–Trinajstić information content (AvgIpc) is 2.89. The number of amidine groups is 1. The lowest BCUT2D eigenvalue weighted by atomic mass is 10.2. The largest absolute Gasteiger partial charge is 0.496 e. The van der Waals surface area contributed by atoms with Gasteiger partial charge in [0.1, 0.15) is 11.4 Å². The van der Waals surface area contributed by atoms with E-state index in [-0.39, 0.29) is 0 Å². The van der Waals surface area contributed by atoms with E-state index < -0.39 is 5.60 Å². The maximum absolute atomic E-state index is 6.24. The number of thiazole rings is 1. The van der Waals surface area contributed by atoms with Gasteiger partial charge >= 0.3 is 0 Å². The number of aryl methyl sites for hydroxylation is 1. The molecule has 0 bridgehead atoms. The highest BCUT2D eigenvalue weighted by Crippen LogP contribution is 2.24. The summed E-state index contributed by atoms with van der Waals surface area (Å²) in [7, 11) is 1.62. The Balaban J connectivity index is 2.67. The molecule has 0 saturated heterocycles. The van der Waals surface area contributed by atoms with Gasteiger partial charge in [0.05, 0.1) is 12.7 Å². The molecule has 1 aromatic carbocycles. The summed E-state index contributed by atoms with van der Waals surface area (Å²) in [6, 6.07) is 5.40. The second-order valence-corrected chi connectivity index (χ2v) is 9.22. The van der Waals surface area contributed by atoms with Crippen LogP contribution < -0.4 is 9.54 Å². The predicted molar refractivity (Wildman–Crippen MR) is 118 cm³/mol. The third-order valence-electron chi connectivity index (χ3n) is 4.13. The Morgan fingerprint density at radius 1 is 1.25 bits per heavy atom. The number of aromatic nitrogens is 1. The van der Waals surface area contributed by atoms with Crippen LogP contribution in [-0.2, 0) is 11.4 Å². The standard InChI is InChI=1S/C21H30ClN3O2S/c1-8-9-12-25-14(2)15(3)28-20(25)23-19(24-27-21(4,5)6)17-13-16(22)10-11-18(17)26-7/h10-11,13H,8-9,12H2,1-7H3/b23-20-,24-19-. The van der Waals surface area contributed by atoms with Crippen molar-refractivity contribution in [3.8, 4) is 5.75 Å². The van der Waals surface area contributed by atoms with Gasteiger partial charge in [0.15, 0.2) is 4.80 Å². The van der Waals surface area contributed by atoms with Gasteiger partial charge in [0.25, 0.3) is 0 Å². The predicted octanol–water partition coefficient (Wildman–Crippen LogP) is 5.71. The van der Waals surface area contributed by atoms with E-state index >= 15 is 0 Å². The van der Waals surface area contributed by atoms with E-state index in [1.165, 1.54) is 10.6 Å². The SMILES string of the molecule is CCCCn1c(C)c(C)s/c1=N\C(=N/OC(C)(C)C)c1cc(Cl)ccc1OC. The third-order valence-corrected chi connectivity index (χ3v) is 5.47. The minimum Gasteiger partial charge on any atom is -0.496 e. The second-order valence-electron chi connectivity index (χ2n) is 7.61. The Morgan fingerprint density at radius 3 is 2.57 bits per heavy atom. The van der Waals surface area contributed by atoms with Crippen LogP contribution in [0.15, 0.2) is 28.3 Å². The lowest BCUT2D eigenvalue weighted by molar-refractivity contribution is 0.000798. The van der Waals surface area contributed by atoms with Gasteiger partial charge in [0, 0.05) is 22.1 Å². The zero-order valence-electron chi connectivity index (χ0n) is 17.8. The summed E-state index contributed by atoms with van der Waals surface area (Å²) in [5.74, 6) is 1.09. The first-order valence-electron chi connectivity index (χ1n) is 9.48. The van der Waals surface area contributed by atoms with E-state index in [2.05, 4.69) is 30.5 Å². The number of nitrogens with zero attached hydrogens (tertiary/aromatic N) is 3. The molecule has 0 saturated carbocycles. The molecule has 5 nitrogen and oxygen atoms in total. The fourth-order valence-electron chi connectivity index (χ4n) is 2.52. The van der Waals surface area contributed by atoms with E-state index in [9.17, 15) is 0 Å². The Bertz CT molecular complexity index is 907. The van der Waals surface area contributed by atoms with E-state index in [4.69, 9.17) is 26.2 Å². The topological polar surface area (TPSA) is 48.1 Å². The first-order chi connectivity index (χ1) is 13.2. The van der Waals surface area contributed by atoms with E-state index in [0.29, 0.717) is 22.2 Å². The van der Waals surface area contributed by atoms with Crippen molar-refractivity contribution in [3.63, 3.8) is 0 Å². The number of halogens is 1. The van der Waals surface area contributed by atoms with E-state index in [1.807, 2.05) is 26.8 Å². The summed E-state index contributed by atoms with van der Waals surface area (Å²) < 4.78 is 7.76. The fraction of sp³-hybridized carbons (Fsp3) is 0.524. The monoisotopic (exact) mass is 423 g/mol. The number of unbranched alkanes of at least 4 members (excludes halogenated alkanes) is 1. The minimum atomic E-state index is -0.438. The van der Waals surface area contributed by atoms with Crippen molar-refractivity contribution in [2.75, 3.05) is 7.11 Å². The first kappa shape index (κ1) is 22.5. The zero-order chi connectivity index (χ0) is 20.9. The number of benzene rings is 1. The van der Waals surface area contributed by atoms with Crippen LogP contribution in [0.5, 0.6) is 5.75 Å². The Kier molecular flexibility index (Phi) is 7.72. The Morgan fingerprint density at radius 2 is 1.96 bits per heavy atom. The van der Waals surface area contributed by atoms with Crippen LogP contribution in [0.4, 0.5) is 0 Å². The second kappa shape index (κ2) is 9.61. The molecule has 0 unspecified atom stereocenters. The van der Waals surface area contributed by atoms with Gasteiger partial charge in [-0.05, 0) is 59.2 Å². The van der Waals surface area contributed by atoms with Gasteiger partial charge in [-0.15, -0.1) is 11.3 Å². The Hall–Kier alpha value is -1.79. The smallest absolute Gasteiger partial charge is 0.205 e. The lowest BCUT2D eigenvalue weighted by Gasteiger charge is -2.16. The van der Waals surface area contributed by atoms with Crippen molar-refractivity contribution in [1.29, 1.82) is 0 Å². The summed E-state index contributed by atoms with van der Waals surface area (Å²) >= 11 is 7.90. The van der Waals surface area contributed by atoms with Crippen LogP contribution in [0.2, 0.25) is 5.02 Å². The summed E-state index contributed by atoms with van der Waals surface area (Å²) in [5, 5.41) is 4.96. The van der Waals surface area contributed by atoms with Gasteiger partial charge in [-0.3, -0.25) is 0 Å². The van der Waals surface area contributed by atoms with Crippen LogP contribution in [0.3, 0.4) is 0 Å². The highest BCUT2D eigenvalue weighted by Gasteiger charge is 2.16.